The number of carbonyl (C=O) groups excluding carboxylic acids is 2. The normalized spacial score (nSPS) is 42.3. The molecular weight excluding hydrogens is 276 g/mol. The highest BCUT2D eigenvalue weighted by Gasteiger charge is 2.70. The Hall–Kier alpha value is -1.12. The molecule has 3 heteroatoms. The highest BCUT2D eigenvalue weighted by atomic mass is 16.5. The van der Waals surface area contributed by atoms with Crippen LogP contribution in [-0.4, -0.2) is 17.9 Å². The van der Waals surface area contributed by atoms with Crippen LogP contribution in [0.5, 0.6) is 0 Å². The molecule has 0 saturated heterocycles. The lowest BCUT2D eigenvalue weighted by Gasteiger charge is -2.65. The summed E-state index contributed by atoms with van der Waals surface area (Å²) in [6, 6.07) is 0. The Morgan fingerprint density at radius 3 is 2.45 bits per heavy atom. The lowest BCUT2D eigenvalue weighted by molar-refractivity contribution is -0.180. The molecule has 0 aromatic rings. The second-order valence-corrected chi connectivity index (χ2v) is 8.72. The zero-order valence-corrected chi connectivity index (χ0v) is 14.6. The van der Waals surface area contributed by atoms with Crippen LogP contribution in [0.15, 0.2) is 11.6 Å². The van der Waals surface area contributed by atoms with Crippen LogP contribution in [0, 0.1) is 34.5 Å². The van der Waals surface area contributed by atoms with E-state index in [1.54, 1.807) is 0 Å². The van der Waals surface area contributed by atoms with Crippen molar-refractivity contribution in [2.45, 2.75) is 60.5 Å². The molecule has 4 rings (SSSR count). The predicted molar refractivity (Wildman–Crippen MR) is 85.1 cm³/mol. The van der Waals surface area contributed by atoms with E-state index in [0.29, 0.717) is 11.8 Å². The molecule has 0 heterocycles. The summed E-state index contributed by atoms with van der Waals surface area (Å²) in [5.74, 6) is 0.948. The number of fused-ring (bicyclic) bond motifs is 1. The van der Waals surface area contributed by atoms with Crippen LogP contribution < -0.4 is 0 Å². The summed E-state index contributed by atoms with van der Waals surface area (Å²) >= 11 is 0. The number of hydrogen-bond donors (Lipinski definition) is 0. The number of hydrogen-bond acceptors (Lipinski definition) is 3. The van der Waals surface area contributed by atoms with Crippen LogP contribution >= 0.6 is 0 Å². The van der Waals surface area contributed by atoms with E-state index >= 15 is 0 Å². The van der Waals surface area contributed by atoms with E-state index in [9.17, 15) is 9.59 Å². The third-order valence-corrected chi connectivity index (χ3v) is 6.67. The van der Waals surface area contributed by atoms with Gasteiger partial charge in [0.05, 0.1) is 5.92 Å². The monoisotopic (exact) mass is 304 g/mol. The minimum absolute atomic E-state index is 0.0663. The van der Waals surface area contributed by atoms with Gasteiger partial charge in [0.25, 0.3) is 0 Å². The Labute approximate surface area is 133 Å². The lowest BCUT2D eigenvalue weighted by Crippen LogP contribution is -2.64. The van der Waals surface area contributed by atoms with E-state index in [4.69, 9.17) is 4.74 Å². The number of ether oxygens (including phenoxy) is 1. The van der Waals surface area contributed by atoms with E-state index in [-0.39, 0.29) is 40.5 Å². The highest BCUT2D eigenvalue weighted by Crippen LogP contribution is 2.71. The van der Waals surface area contributed by atoms with Gasteiger partial charge in [-0.3, -0.25) is 9.59 Å². The van der Waals surface area contributed by atoms with E-state index in [0.717, 1.165) is 12.8 Å². The van der Waals surface area contributed by atoms with E-state index < -0.39 is 0 Å². The highest BCUT2D eigenvalue weighted by molar-refractivity contribution is 5.96. The molecule has 0 aliphatic heterocycles. The number of esters is 1. The Morgan fingerprint density at radius 1 is 1.27 bits per heavy atom. The summed E-state index contributed by atoms with van der Waals surface area (Å²) in [5.41, 5.74) is 1.14. The fourth-order valence-electron chi connectivity index (χ4n) is 5.48. The maximum atomic E-state index is 12.6. The minimum Gasteiger partial charge on any atom is -0.462 e. The topological polar surface area (TPSA) is 43.4 Å². The average molecular weight is 304 g/mol. The summed E-state index contributed by atoms with van der Waals surface area (Å²) in [6.07, 6.45) is 3.60. The van der Waals surface area contributed by atoms with Crippen LogP contribution in [-0.2, 0) is 14.3 Å². The second-order valence-electron chi connectivity index (χ2n) is 8.72. The zero-order valence-electron chi connectivity index (χ0n) is 14.6. The molecule has 122 valence electrons. The van der Waals surface area contributed by atoms with Gasteiger partial charge < -0.3 is 4.74 Å². The van der Waals surface area contributed by atoms with Crippen molar-refractivity contribution in [1.82, 2.24) is 0 Å². The van der Waals surface area contributed by atoms with Crippen LogP contribution in [0.25, 0.3) is 0 Å². The van der Waals surface area contributed by atoms with E-state index in [1.165, 1.54) is 5.57 Å². The Bertz CT molecular complexity index is 557. The minimum atomic E-state index is -0.152. The fraction of sp³-hybridized carbons (Fsp3) is 0.789. The van der Waals surface area contributed by atoms with Crippen LogP contribution in [0.1, 0.15) is 54.4 Å². The van der Waals surface area contributed by atoms with Gasteiger partial charge in [0.1, 0.15) is 6.10 Å². The average Bonchev–Trinajstić information content (AvgIpc) is 2.52. The number of carbonyl (C=O) groups is 2. The van der Waals surface area contributed by atoms with Gasteiger partial charge in [-0.25, -0.2) is 0 Å². The smallest absolute Gasteiger partial charge is 0.308 e. The molecular formula is C19H28O3. The SMILES string of the molecule is CC1=CC(=O)C2C3C1C2(C)CCC(OC(=O)C(C)C)C3(C)C. The van der Waals surface area contributed by atoms with Crippen molar-refractivity contribution in [3.05, 3.63) is 11.6 Å². The summed E-state index contributed by atoms with van der Waals surface area (Å²) < 4.78 is 5.86. The van der Waals surface area contributed by atoms with Crippen LogP contribution in [0.2, 0.25) is 0 Å². The number of ketones is 1. The Morgan fingerprint density at radius 2 is 1.91 bits per heavy atom. The van der Waals surface area contributed by atoms with Crippen molar-refractivity contribution in [3.63, 3.8) is 0 Å². The second kappa shape index (κ2) is 4.69. The molecule has 0 radical (unpaired) electrons. The third kappa shape index (κ3) is 1.87. The molecule has 3 nitrogen and oxygen atoms in total. The third-order valence-electron chi connectivity index (χ3n) is 6.67. The van der Waals surface area contributed by atoms with Gasteiger partial charge in [-0.05, 0) is 43.1 Å². The first-order valence-electron chi connectivity index (χ1n) is 8.53. The molecule has 22 heavy (non-hydrogen) atoms. The number of rotatable bonds is 2. The van der Waals surface area contributed by atoms with Gasteiger partial charge in [0, 0.05) is 11.3 Å². The largest absolute Gasteiger partial charge is 0.462 e. The molecule has 0 aromatic heterocycles. The standard InChI is InChI=1S/C19H28O3/c1-10(2)17(21)22-13-7-8-19(6)14-11(3)9-12(20)15(19)16(14)18(13,4)5/h9-10,13-16H,7-8H2,1-6H3. The Balaban J connectivity index is 1.95. The zero-order chi connectivity index (χ0) is 16.4. The predicted octanol–water partition coefficient (Wildman–Crippen LogP) is 3.77. The van der Waals surface area contributed by atoms with Gasteiger partial charge in [-0.2, -0.15) is 0 Å². The first-order chi connectivity index (χ1) is 10.1. The maximum Gasteiger partial charge on any atom is 0.308 e. The fourth-order valence-corrected chi connectivity index (χ4v) is 5.48. The molecule has 4 aliphatic rings. The molecule has 4 aliphatic carbocycles. The van der Waals surface area contributed by atoms with Crippen molar-refractivity contribution in [3.8, 4) is 0 Å². The first-order valence-corrected chi connectivity index (χ1v) is 8.53. The molecule has 0 aromatic carbocycles. The molecule has 2 fully saturated rings. The van der Waals surface area contributed by atoms with E-state index in [1.807, 2.05) is 19.9 Å². The summed E-state index contributed by atoms with van der Waals surface area (Å²) in [4.78, 5) is 24.6. The molecule has 2 saturated carbocycles. The lowest BCUT2D eigenvalue weighted by atomic mass is 9.38. The van der Waals surface area contributed by atoms with Crippen LogP contribution in [0.4, 0.5) is 0 Å². The van der Waals surface area contributed by atoms with E-state index in [2.05, 4.69) is 27.7 Å². The molecule has 0 amide bonds. The van der Waals surface area contributed by atoms with Crippen molar-refractivity contribution in [2.75, 3.05) is 0 Å². The summed E-state index contributed by atoms with van der Waals surface area (Å²) in [5, 5.41) is 0. The van der Waals surface area contributed by atoms with Gasteiger partial charge >= 0.3 is 5.97 Å². The number of allylic oxidation sites excluding steroid dienone is 2. The maximum absolute atomic E-state index is 12.6. The van der Waals surface area contributed by atoms with Crippen LogP contribution in [0.3, 0.4) is 0 Å². The van der Waals surface area contributed by atoms with Crippen molar-refractivity contribution < 1.29 is 14.3 Å². The quantitative estimate of drug-likeness (QED) is 0.729. The molecule has 0 N–H and O–H groups in total. The molecule has 5 atom stereocenters. The molecule has 5 unspecified atom stereocenters. The van der Waals surface area contributed by atoms with Gasteiger partial charge in [-0.15, -0.1) is 0 Å². The van der Waals surface area contributed by atoms with Gasteiger partial charge in [-0.1, -0.05) is 40.2 Å². The molecule has 4 bridgehead atoms. The van der Waals surface area contributed by atoms with Crippen molar-refractivity contribution in [2.24, 2.45) is 34.5 Å². The van der Waals surface area contributed by atoms with Crippen molar-refractivity contribution >= 4 is 11.8 Å². The first kappa shape index (κ1) is 15.8. The van der Waals surface area contributed by atoms with Crippen molar-refractivity contribution in [1.29, 1.82) is 0 Å². The van der Waals surface area contributed by atoms with Gasteiger partial charge in [0.2, 0.25) is 0 Å². The van der Waals surface area contributed by atoms with Gasteiger partial charge in [0.15, 0.2) is 5.78 Å². The summed E-state index contributed by atoms with van der Waals surface area (Å²) in [6.45, 7) is 12.5. The Kier molecular flexibility index (Phi) is 3.36. The summed E-state index contributed by atoms with van der Waals surface area (Å²) in [7, 11) is 0. The molecule has 0 spiro atoms.